The number of likely N-dealkylation sites (N-methyl/N-ethyl adjacent to an activating group) is 1. The van der Waals surface area contributed by atoms with Gasteiger partial charge < -0.3 is 14.8 Å². The number of benzene rings is 2. The zero-order chi connectivity index (χ0) is 19.0. The normalized spacial score (nSPS) is 18.0. The number of nitrogens with one attached hydrogen (secondary N) is 2. The zero-order valence-corrected chi connectivity index (χ0v) is 15.8. The number of nitrogens with zero attached hydrogens (tertiary/aromatic N) is 2. The van der Waals surface area contributed by atoms with Crippen molar-refractivity contribution < 1.29 is 4.79 Å². The Morgan fingerprint density at radius 3 is 2.67 bits per heavy atom. The molecule has 1 fully saturated rings. The number of carbonyl (C=O) groups is 1. The van der Waals surface area contributed by atoms with Gasteiger partial charge in [0.2, 0.25) is 0 Å². The zero-order valence-electron chi connectivity index (χ0n) is 14.9. The third-order valence-corrected chi connectivity index (χ3v) is 5.22. The predicted octanol–water partition coefficient (Wildman–Crippen LogP) is 2.71. The van der Waals surface area contributed by atoms with Crippen LogP contribution in [0.3, 0.4) is 0 Å². The lowest BCUT2D eigenvalue weighted by Crippen LogP contribution is -2.49. The summed E-state index contributed by atoms with van der Waals surface area (Å²) >= 11 is 5.04. The lowest BCUT2D eigenvalue weighted by atomic mass is 10.0. The lowest BCUT2D eigenvalue weighted by molar-refractivity contribution is 0.0498. The number of aromatic amines is 2. The van der Waals surface area contributed by atoms with E-state index in [4.69, 9.17) is 12.2 Å². The van der Waals surface area contributed by atoms with E-state index in [0.717, 1.165) is 18.7 Å². The van der Waals surface area contributed by atoms with Crippen LogP contribution < -0.4 is 5.56 Å². The molecule has 1 aromatic heterocycles. The van der Waals surface area contributed by atoms with E-state index >= 15 is 0 Å². The van der Waals surface area contributed by atoms with Crippen molar-refractivity contribution in [3.05, 3.63) is 74.8 Å². The molecule has 3 aromatic rings. The number of rotatable bonds is 2. The van der Waals surface area contributed by atoms with Crippen molar-refractivity contribution in [2.45, 2.75) is 6.04 Å². The Morgan fingerprint density at radius 1 is 1.11 bits per heavy atom. The van der Waals surface area contributed by atoms with Gasteiger partial charge in [-0.2, -0.15) is 0 Å². The first-order valence-electron chi connectivity index (χ1n) is 8.84. The Hall–Kier alpha value is -2.77. The molecule has 7 heteroatoms. The summed E-state index contributed by atoms with van der Waals surface area (Å²) in [5, 5.41) is 0.484. The van der Waals surface area contributed by atoms with Crippen molar-refractivity contribution >= 4 is 29.0 Å². The summed E-state index contributed by atoms with van der Waals surface area (Å²) in [6, 6.07) is 15.2. The van der Waals surface area contributed by atoms with Crippen LogP contribution in [0.5, 0.6) is 0 Å². The Bertz CT molecular complexity index is 1110. The summed E-state index contributed by atoms with van der Waals surface area (Å²) in [6.07, 6.45) is 0. The molecule has 2 heterocycles. The van der Waals surface area contributed by atoms with E-state index in [1.807, 2.05) is 23.1 Å². The largest absolute Gasteiger partial charge is 0.332 e. The average molecular weight is 380 g/mol. The van der Waals surface area contributed by atoms with Gasteiger partial charge in [0.15, 0.2) is 4.77 Å². The van der Waals surface area contributed by atoms with Gasteiger partial charge >= 0.3 is 0 Å². The van der Waals surface area contributed by atoms with Gasteiger partial charge in [0.25, 0.3) is 11.5 Å². The fourth-order valence-corrected chi connectivity index (χ4v) is 3.79. The molecule has 4 rings (SSSR count). The standard InChI is InChI=1S/C20H20N4O2S/c1-23-9-10-24(17(12-23)13-5-3-2-4-6-13)19(26)14-7-8-15-16(11-14)21-20(27)22-18(15)25/h2-8,11,17H,9-10,12H2,1H3,(H2,21,22,25,27). The SMILES string of the molecule is CN1CCN(C(=O)c2ccc3c(=O)[nH]c(=S)[nH]c3c2)C(c2ccccc2)C1. The van der Waals surface area contributed by atoms with Gasteiger partial charge in [-0.1, -0.05) is 30.3 Å². The Labute approximate surface area is 161 Å². The van der Waals surface area contributed by atoms with Crippen LogP contribution in [0.25, 0.3) is 10.9 Å². The highest BCUT2D eigenvalue weighted by molar-refractivity contribution is 7.71. The second-order valence-corrected chi connectivity index (χ2v) is 7.26. The Kier molecular flexibility index (Phi) is 4.63. The molecular formula is C20H20N4O2S. The maximum Gasteiger partial charge on any atom is 0.259 e. The number of fused-ring (bicyclic) bond motifs is 1. The summed E-state index contributed by atoms with van der Waals surface area (Å²) in [4.78, 5) is 35.0. The number of carbonyl (C=O) groups excluding carboxylic acids is 1. The molecule has 2 aromatic carbocycles. The average Bonchev–Trinajstić information content (AvgIpc) is 2.67. The summed E-state index contributed by atoms with van der Waals surface area (Å²) in [6.45, 7) is 2.26. The van der Waals surface area contributed by atoms with Gasteiger partial charge in [-0.3, -0.25) is 14.6 Å². The summed E-state index contributed by atoms with van der Waals surface area (Å²) in [5.74, 6) is -0.0431. The molecule has 1 saturated heterocycles. The molecule has 1 amide bonds. The molecule has 0 aliphatic carbocycles. The van der Waals surface area contributed by atoms with Crippen molar-refractivity contribution in [2.75, 3.05) is 26.7 Å². The Balaban J connectivity index is 1.73. The van der Waals surface area contributed by atoms with E-state index in [2.05, 4.69) is 34.0 Å². The van der Waals surface area contributed by atoms with Crippen LogP contribution in [0.15, 0.2) is 53.3 Å². The van der Waals surface area contributed by atoms with Crippen LogP contribution >= 0.6 is 12.2 Å². The minimum Gasteiger partial charge on any atom is -0.332 e. The monoisotopic (exact) mass is 380 g/mol. The quantitative estimate of drug-likeness (QED) is 0.671. The van der Waals surface area contributed by atoms with E-state index in [1.54, 1.807) is 18.2 Å². The van der Waals surface area contributed by atoms with Crippen LogP contribution in [0.1, 0.15) is 22.0 Å². The Morgan fingerprint density at radius 2 is 1.89 bits per heavy atom. The highest BCUT2D eigenvalue weighted by Crippen LogP contribution is 2.27. The van der Waals surface area contributed by atoms with E-state index in [1.165, 1.54) is 0 Å². The second-order valence-electron chi connectivity index (χ2n) is 6.86. The highest BCUT2D eigenvalue weighted by Gasteiger charge is 2.30. The molecule has 6 nitrogen and oxygen atoms in total. The summed E-state index contributed by atoms with van der Waals surface area (Å²) in [5.41, 5.74) is 1.98. The van der Waals surface area contributed by atoms with Crippen LogP contribution in [0.2, 0.25) is 0 Å². The van der Waals surface area contributed by atoms with Crippen LogP contribution in [0.4, 0.5) is 0 Å². The van der Waals surface area contributed by atoms with Crippen molar-refractivity contribution in [1.82, 2.24) is 19.8 Å². The number of hydrogen-bond acceptors (Lipinski definition) is 4. The fourth-order valence-electron chi connectivity index (χ4n) is 3.59. The van der Waals surface area contributed by atoms with Crippen LogP contribution in [-0.2, 0) is 0 Å². The van der Waals surface area contributed by atoms with Crippen molar-refractivity contribution in [1.29, 1.82) is 0 Å². The smallest absolute Gasteiger partial charge is 0.259 e. The van der Waals surface area contributed by atoms with Gasteiger partial charge in [-0.25, -0.2) is 0 Å². The molecule has 1 unspecified atom stereocenters. The topological polar surface area (TPSA) is 72.2 Å². The van der Waals surface area contributed by atoms with Gasteiger partial charge in [-0.05, 0) is 43.0 Å². The number of amides is 1. The molecule has 2 N–H and O–H groups in total. The lowest BCUT2D eigenvalue weighted by Gasteiger charge is -2.40. The van der Waals surface area contributed by atoms with E-state index in [0.29, 0.717) is 23.0 Å². The van der Waals surface area contributed by atoms with Crippen molar-refractivity contribution in [2.24, 2.45) is 0 Å². The predicted molar refractivity (Wildman–Crippen MR) is 107 cm³/mol. The minimum absolute atomic E-state index is 0.00850. The molecule has 1 atom stereocenters. The first-order valence-corrected chi connectivity index (χ1v) is 9.24. The van der Waals surface area contributed by atoms with Gasteiger partial charge in [0.05, 0.1) is 16.9 Å². The number of hydrogen-bond donors (Lipinski definition) is 2. The second kappa shape index (κ2) is 7.09. The van der Waals surface area contributed by atoms with E-state index in [-0.39, 0.29) is 22.3 Å². The molecule has 138 valence electrons. The molecule has 27 heavy (non-hydrogen) atoms. The molecule has 0 spiro atoms. The third kappa shape index (κ3) is 3.43. The maximum atomic E-state index is 13.3. The number of H-pyrrole nitrogens is 2. The fraction of sp³-hybridized carbons (Fsp3) is 0.250. The summed E-state index contributed by atoms with van der Waals surface area (Å²) in [7, 11) is 2.07. The number of aromatic nitrogens is 2. The molecule has 0 bridgehead atoms. The molecule has 0 saturated carbocycles. The first-order chi connectivity index (χ1) is 13.0. The third-order valence-electron chi connectivity index (χ3n) is 5.02. The minimum atomic E-state index is -0.255. The van der Waals surface area contributed by atoms with Gasteiger partial charge in [0, 0.05) is 25.2 Å². The van der Waals surface area contributed by atoms with Crippen molar-refractivity contribution in [3.8, 4) is 0 Å². The van der Waals surface area contributed by atoms with E-state index in [9.17, 15) is 9.59 Å². The van der Waals surface area contributed by atoms with E-state index < -0.39 is 0 Å². The first kappa shape index (κ1) is 17.6. The number of piperazine rings is 1. The molecule has 1 aliphatic rings. The van der Waals surface area contributed by atoms with Crippen LogP contribution in [0, 0.1) is 4.77 Å². The van der Waals surface area contributed by atoms with Gasteiger partial charge in [-0.15, -0.1) is 0 Å². The highest BCUT2D eigenvalue weighted by atomic mass is 32.1. The molecular weight excluding hydrogens is 360 g/mol. The summed E-state index contributed by atoms with van der Waals surface area (Å²) < 4.78 is 0.249. The maximum absolute atomic E-state index is 13.3. The molecule has 0 radical (unpaired) electrons. The van der Waals surface area contributed by atoms with Gasteiger partial charge in [0.1, 0.15) is 0 Å². The van der Waals surface area contributed by atoms with Crippen molar-refractivity contribution in [3.63, 3.8) is 0 Å². The van der Waals surface area contributed by atoms with Crippen LogP contribution in [-0.4, -0.2) is 52.4 Å². The molecule has 1 aliphatic heterocycles.